The molecule has 5 nitrogen and oxygen atoms in total. The first kappa shape index (κ1) is 12.7. The number of hydrogen-bond donors (Lipinski definition) is 1. The zero-order valence-electron chi connectivity index (χ0n) is 10.9. The lowest BCUT2D eigenvalue weighted by molar-refractivity contribution is 0.538. The zero-order chi connectivity index (χ0) is 12.8. The lowest BCUT2D eigenvalue weighted by Crippen LogP contribution is -2.21. The van der Waals surface area contributed by atoms with Gasteiger partial charge in [-0.15, -0.1) is 0 Å². The van der Waals surface area contributed by atoms with Crippen LogP contribution in [0.1, 0.15) is 25.2 Å². The second kappa shape index (κ2) is 6.26. The van der Waals surface area contributed by atoms with E-state index in [1.54, 1.807) is 6.20 Å². The second-order valence-electron chi connectivity index (χ2n) is 4.75. The van der Waals surface area contributed by atoms with E-state index < -0.39 is 0 Å². The fourth-order valence-electron chi connectivity index (χ4n) is 1.72. The van der Waals surface area contributed by atoms with Crippen molar-refractivity contribution in [1.29, 1.82) is 0 Å². The van der Waals surface area contributed by atoms with Gasteiger partial charge in [0, 0.05) is 18.9 Å². The van der Waals surface area contributed by atoms with E-state index in [1.807, 2.05) is 24.7 Å². The Bertz CT molecular complexity index is 463. The summed E-state index contributed by atoms with van der Waals surface area (Å²) >= 11 is 0. The average molecular weight is 245 g/mol. The SMILES string of the molecule is CC(C)CNCc1cncn1Cc1cccnn1. The summed E-state index contributed by atoms with van der Waals surface area (Å²) < 4.78 is 2.09. The van der Waals surface area contributed by atoms with Gasteiger partial charge in [-0.3, -0.25) is 0 Å². The van der Waals surface area contributed by atoms with Crippen LogP contribution in [0.5, 0.6) is 0 Å². The van der Waals surface area contributed by atoms with Crippen LogP contribution in [0.15, 0.2) is 30.9 Å². The number of nitrogens with one attached hydrogen (secondary N) is 1. The first-order valence-corrected chi connectivity index (χ1v) is 6.22. The Kier molecular flexibility index (Phi) is 4.41. The zero-order valence-corrected chi connectivity index (χ0v) is 10.9. The molecule has 5 heteroatoms. The third-order valence-electron chi connectivity index (χ3n) is 2.62. The molecule has 0 aliphatic carbocycles. The molecule has 0 saturated carbocycles. The van der Waals surface area contributed by atoms with E-state index in [1.165, 1.54) is 5.69 Å². The molecule has 0 unspecified atom stereocenters. The molecule has 96 valence electrons. The van der Waals surface area contributed by atoms with E-state index in [2.05, 4.69) is 38.9 Å². The highest BCUT2D eigenvalue weighted by molar-refractivity contribution is 5.05. The maximum absolute atomic E-state index is 4.19. The van der Waals surface area contributed by atoms with Crippen molar-refractivity contribution in [3.8, 4) is 0 Å². The summed E-state index contributed by atoms with van der Waals surface area (Å²) in [6.07, 6.45) is 5.41. The molecule has 18 heavy (non-hydrogen) atoms. The van der Waals surface area contributed by atoms with Crippen LogP contribution in [0.2, 0.25) is 0 Å². The summed E-state index contributed by atoms with van der Waals surface area (Å²) in [5.41, 5.74) is 2.11. The molecule has 0 fully saturated rings. The molecule has 2 aromatic rings. The van der Waals surface area contributed by atoms with Crippen molar-refractivity contribution in [3.05, 3.63) is 42.2 Å². The molecule has 0 saturated heterocycles. The smallest absolute Gasteiger partial charge is 0.0952 e. The normalized spacial score (nSPS) is 11.1. The molecule has 0 amide bonds. The molecular weight excluding hydrogens is 226 g/mol. The summed E-state index contributed by atoms with van der Waals surface area (Å²) in [6, 6.07) is 3.87. The van der Waals surface area contributed by atoms with Crippen molar-refractivity contribution < 1.29 is 0 Å². The number of imidazole rings is 1. The van der Waals surface area contributed by atoms with Crippen molar-refractivity contribution in [2.45, 2.75) is 26.9 Å². The molecule has 0 aliphatic heterocycles. The minimum Gasteiger partial charge on any atom is -0.327 e. The molecule has 0 radical (unpaired) electrons. The van der Waals surface area contributed by atoms with E-state index in [0.717, 1.165) is 18.8 Å². The fraction of sp³-hybridized carbons (Fsp3) is 0.462. The van der Waals surface area contributed by atoms with Gasteiger partial charge in [-0.2, -0.15) is 10.2 Å². The quantitative estimate of drug-likeness (QED) is 0.837. The predicted octanol–water partition coefficient (Wildman–Crippen LogP) is 1.47. The van der Waals surface area contributed by atoms with Crippen molar-refractivity contribution >= 4 is 0 Å². The highest BCUT2D eigenvalue weighted by atomic mass is 15.1. The predicted molar refractivity (Wildman–Crippen MR) is 69.9 cm³/mol. The van der Waals surface area contributed by atoms with E-state index in [-0.39, 0.29) is 0 Å². The van der Waals surface area contributed by atoms with Crippen LogP contribution in [0.4, 0.5) is 0 Å². The second-order valence-corrected chi connectivity index (χ2v) is 4.75. The average Bonchev–Trinajstić information content (AvgIpc) is 2.78. The Hall–Kier alpha value is -1.75. The van der Waals surface area contributed by atoms with Gasteiger partial charge in [-0.1, -0.05) is 13.8 Å². The van der Waals surface area contributed by atoms with Crippen LogP contribution < -0.4 is 5.32 Å². The summed E-state index contributed by atoms with van der Waals surface area (Å²) in [5.74, 6) is 0.654. The van der Waals surface area contributed by atoms with Crippen molar-refractivity contribution in [2.24, 2.45) is 5.92 Å². The van der Waals surface area contributed by atoms with Gasteiger partial charge >= 0.3 is 0 Å². The lowest BCUT2D eigenvalue weighted by Gasteiger charge is -2.10. The lowest BCUT2D eigenvalue weighted by atomic mass is 10.2. The Labute approximate surface area is 107 Å². The van der Waals surface area contributed by atoms with Crippen molar-refractivity contribution in [2.75, 3.05) is 6.54 Å². The standard InChI is InChI=1S/C13H19N5/c1-11(2)6-14-7-13-8-15-10-18(13)9-12-4-3-5-16-17-12/h3-5,8,10-11,14H,6-7,9H2,1-2H3. The minimum absolute atomic E-state index is 0.654. The molecule has 2 heterocycles. The Morgan fingerprint density at radius 3 is 3.00 bits per heavy atom. The van der Waals surface area contributed by atoms with E-state index >= 15 is 0 Å². The topological polar surface area (TPSA) is 55.6 Å². The number of rotatable bonds is 6. The van der Waals surface area contributed by atoms with Crippen LogP contribution in [-0.2, 0) is 13.1 Å². The molecule has 0 atom stereocenters. The maximum atomic E-state index is 4.19. The van der Waals surface area contributed by atoms with Gasteiger partial charge < -0.3 is 9.88 Å². The van der Waals surface area contributed by atoms with Gasteiger partial charge in [-0.25, -0.2) is 4.98 Å². The molecule has 0 aliphatic rings. The third kappa shape index (κ3) is 3.63. The number of hydrogen-bond acceptors (Lipinski definition) is 4. The number of nitrogens with zero attached hydrogens (tertiary/aromatic N) is 4. The van der Waals surface area contributed by atoms with Crippen molar-refractivity contribution in [1.82, 2.24) is 25.1 Å². The van der Waals surface area contributed by atoms with Crippen molar-refractivity contribution in [3.63, 3.8) is 0 Å². The van der Waals surface area contributed by atoms with Gasteiger partial charge in [0.1, 0.15) is 0 Å². The van der Waals surface area contributed by atoms with Crippen LogP contribution in [-0.4, -0.2) is 26.3 Å². The van der Waals surface area contributed by atoms with Gasteiger partial charge in [0.25, 0.3) is 0 Å². The van der Waals surface area contributed by atoms with Gasteiger partial charge in [0.2, 0.25) is 0 Å². The van der Waals surface area contributed by atoms with Crippen LogP contribution in [0, 0.1) is 5.92 Å². The highest BCUT2D eigenvalue weighted by Crippen LogP contribution is 2.03. The van der Waals surface area contributed by atoms with Crippen LogP contribution in [0.3, 0.4) is 0 Å². The highest BCUT2D eigenvalue weighted by Gasteiger charge is 2.04. The van der Waals surface area contributed by atoms with Gasteiger partial charge in [-0.05, 0) is 24.6 Å². The Balaban J connectivity index is 1.95. The monoisotopic (exact) mass is 245 g/mol. The first-order valence-electron chi connectivity index (χ1n) is 6.22. The summed E-state index contributed by atoms with van der Waals surface area (Å²) in [6.45, 7) is 6.95. The van der Waals surface area contributed by atoms with E-state index in [9.17, 15) is 0 Å². The van der Waals surface area contributed by atoms with Gasteiger partial charge in [0.05, 0.1) is 24.3 Å². The molecule has 1 N–H and O–H groups in total. The molecule has 0 aromatic carbocycles. The number of aromatic nitrogens is 4. The summed E-state index contributed by atoms with van der Waals surface area (Å²) in [4.78, 5) is 4.19. The first-order chi connectivity index (χ1) is 8.75. The molecule has 2 rings (SSSR count). The fourth-order valence-corrected chi connectivity index (χ4v) is 1.72. The van der Waals surface area contributed by atoms with Gasteiger partial charge in [0.15, 0.2) is 0 Å². The van der Waals surface area contributed by atoms with Crippen LogP contribution in [0.25, 0.3) is 0 Å². The Morgan fingerprint density at radius 2 is 2.28 bits per heavy atom. The molecule has 2 aromatic heterocycles. The molecule has 0 spiro atoms. The molecule has 0 bridgehead atoms. The summed E-state index contributed by atoms with van der Waals surface area (Å²) in [7, 11) is 0. The largest absolute Gasteiger partial charge is 0.327 e. The minimum atomic E-state index is 0.654. The van der Waals surface area contributed by atoms with E-state index in [4.69, 9.17) is 0 Å². The summed E-state index contributed by atoms with van der Waals surface area (Å²) in [5, 5.41) is 11.4. The Morgan fingerprint density at radius 1 is 1.39 bits per heavy atom. The third-order valence-corrected chi connectivity index (χ3v) is 2.62. The molecular formula is C13H19N5. The van der Waals surface area contributed by atoms with E-state index in [0.29, 0.717) is 12.5 Å². The van der Waals surface area contributed by atoms with Crippen LogP contribution >= 0.6 is 0 Å². The maximum Gasteiger partial charge on any atom is 0.0952 e.